The van der Waals surface area contributed by atoms with E-state index in [2.05, 4.69) is 47.8 Å². The van der Waals surface area contributed by atoms with E-state index in [0.29, 0.717) is 11.3 Å². The quantitative estimate of drug-likeness (QED) is 0.522. The average molecular weight is 395 g/mol. The molecule has 1 atom stereocenters. The van der Waals surface area contributed by atoms with E-state index in [1.54, 1.807) is 14.2 Å². The van der Waals surface area contributed by atoms with Gasteiger partial charge in [-0.15, -0.1) is 0 Å². The molecule has 1 heterocycles. The monoisotopic (exact) mass is 394 g/mol. The summed E-state index contributed by atoms with van der Waals surface area (Å²) in [6.45, 7) is 8.01. The maximum absolute atomic E-state index is 5.40. The van der Waals surface area contributed by atoms with Crippen molar-refractivity contribution in [2.45, 2.75) is 38.0 Å². The zero-order valence-electron chi connectivity index (χ0n) is 17.2. The van der Waals surface area contributed by atoms with Crippen molar-refractivity contribution < 1.29 is 9.47 Å². The van der Waals surface area contributed by atoms with Gasteiger partial charge in [-0.25, -0.2) is 0 Å². The number of thioether (sulfide) groups is 1. The van der Waals surface area contributed by atoms with Gasteiger partial charge in [-0.3, -0.25) is 4.99 Å². The van der Waals surface area contributed by atoms with Crippen LogP contribution in [0.4, 0.5) is 5.69 Å². The van der Waals surface area contributed by atoms with Crippen molar-refractivity contribution in [3.8, 4) is 11.5 Å². The first-order valence-electron chi connectivity index (χ1n) is 9.65. The normalized spacial score (nSPS) is 16.8. The Morgan fingerprint density at radius 1 is 1.22 bits per heavy atom. The van der Waals surface area contributed by atoms with E-state index in [1.165, 1.54) is 0 Å². The maximum Gasteiger partial charge on any atom is 0.191 e. The molecule has 7 heteroatoms. The zero-order valence-corrected chi connectivity index (χ0v) is 18.1. The Morgan fingerprint density at radius 3 is 2.37 bits per heavy atom. The van der Waals surface area contributed by atoms with Crippen molar-refractivity contribution in [2.75, 3.05) is 51.6 Å². The molecule has 0 amide bonds. The molecule has 1 aromatic carbocycles. The van der Waals surface area contributed by atoms with Crippen LogP contribution in [0.5, 0.6) is 11.5 Å². The summed E-state index contributed by atoms with van der Waals surface area (Å²) in [6.07, 6.45) is 4.27. The minimum atomic E-state index is 0.441. The van der Waals surface area contributed by atoms with Crippen molar-refractivity contribution in [3.05, 3.63) is 18.2 Å². The lowest BCUT2D eigenvalue weighted by atomic mass is 10.0. The predicted molar refractivity (Wildman–Crippen MR) is 117 cm³/mol. The zero-order chi connectivity index (χ0) is 19.6. The minimum absolute atomic E-state index is 0.441. The summed E-state index contributed by atoms with van der Waals surface area (Å²) in [7, 11) is 3.38. The van der Waals surface area contributed by atoms with Gasteiger partial charge in [-0.1, -0.05) is 6.92 Å². The third-order valence-corrected chi connectivity index (χ3v) is 5.74. The van der Waals surface area contributed by atoms with Crippen molar-refractivity contribution in [1.29, 1.82) is 0 Å². The smallest absolute Gasteiger partial charge is 0.191 e. The lowest BCUT2D eigenvalue weighted by Gasteiger charge is -2.35. The number of nitrogens with one attached hydrogen (secondary N) is 2. The van der Waals surface area contributed by atoms with Gasteiger partial charge in [-0.05, 0) is 26.0 Å². The fourth-order valence-corrected chi connectivity index (χ4v) is 3.29. The van der Waals surface area contributed by atoms with Crippen molar-refractivity contribution in [3.63, 3.8) is 0 Å². The largest absolute Gasteiger partial charge is 0.497 e. The van der Waals surface area contributed by atoms with E-state index in [1.807, 2.05) is 17.8 Å². The topological polar surface area (TPSA) is 58.1 Å². The Balaban J connectivity index is 1.94. The second-order valence-corrected chi connectivity index (χ2v) is 8.02. The van der Waals surface area contributed by atoms with Gasteiger partial charge >= 0.3 is 0 Å². The fraction of sp³-hybridized carbons (Fsp3) is 0.650. The number of methoxy groups -OCH3 is 2. The van der Waals surface area contributed by atoms with Crippen LogP contribution < -0.4 is 25.0 Å². The number of anilines is 1. The molecule has 1 aliphatic rings. The highest BCUT2D eigenvalue weighted by molar-refractivity contribution is 7.99. The second kappa shape index (κ2) is 11.2. The van der Waals surface area contributed by atoms with Crippen LogP contribution in [0.15, 0.2) is 23.2 Å². The number of rotatable bonds is 8. The molecule has 27 heavy (non-hydrogen) atoms. The molecule has 2 rings (SSSR count). The molecular weight excluding hydrogens is 360 g/mol. The number of aliphatic imine (C=N–C) groups is 1. The molecule has 152 valence electrons. The highest BCUT2D eigenvalue weighted by Gasteiger charge is 2.21. The Morgan fingerprint density at radius 2 is 1.85 bits per heavy atom. The van der Waals surface area contributed by atoms with Gasteiger partial charge in [0.1, 0.15) is 11.5 Å². The fourth-order valence-electron chi connectivity index (χ4n) is 3.06. The van der Waals surface area contributed by atoms with Gasteiger partial charge in [0.05, 0.1) is 20.8 Å². The molecule has 1 aromatic rings. The Hall–Kier alpha value is -1.76. The van der Waals surface area contributed by atoms with Gasteiger partial charge in [0.2, 0.25) is 0 Å². The number of hydrogen-bond acceptors (Lipinski definition) is 5. The number of piperidine rings is 1. The highest BCUT2D eigenvalue weighted by Crippen LogP contribution is 2.30. The molecule has 0 spiro atoms. The van der Waals surface area contributed by atoms with E-state index in [9.17, 15) is 0 Å². The van der Waals surface area contributed by atoms with E-state index >= 15 is 0 Å². The van der Waals surface area contributed by atoms with Crippen molar-refractivity contribution in [1.82, 2.24) is 10.6 Å². The predicted octanol–water partition coefficient (Wildman–Crippen LogP) is 2.98. The van der Waals surface area contributed by atoms with Gasteiger partial charge in [0.15, 0.2) is 5.96 Å². The molecule has 0 aliphatic carbocycles. The summed E-state index contributed by atoms with van der Waals surface area (Å²) >= 11 is 1.84. The number of nitrogens with zero attached hydrogens (tertiary/aromatic N) is 2. The van der Waals surface area contributed by atoms with Gasteiger partial charge in [0, 0.05) is 54.8 Å². The average Bonchev–Trinajstić information content (AvgIpc) is 2.71. The summed E-state index contributed by atoms with van der Waals surface area (Å²) in [4.78, 5) is 7.12. The molecule has 0 radical (unpaired) electrons. The van der Waals surface area contributed by atoms with Crippen molar-refractivity contribution >= 4 is 23.4 Å². The SMILES string of the molecule is CCNC(=NCC(C)SC)NC1CCN(c2cc(OC)cc(OC)c2)CC1. The molecular formula is C20H34N4O2S. The first kappa shape index (κ1) is 21.5. The molecule has 0 bridgehead atoms. The summed E-state index contributed by atoms with van der Waals surface area (Å²) < 4.78 is 10.8. The summed E-state index contributed by atoms with van der Waals surface area (Å²) in [5.41, 5.74) is 1.15. The second-order valence-electron chi connectivity index (χ2n) is 6.74. The Labute approximate surface area is 168 Å². The van der Waals surface area contributed by atoms with Crippen LogP contribution in [-0.2, 0) is 0 Å². The molecule has 0 aromatic heterocycles. The first-order valence-corrected chi connectivity index (χ1v) is 10.9. The number of hydrogen-bond donors (Lipinski definition) is 2. The van der Waals surface area contributed by atoms with Crippen LogP contribution in [0.2, 0.25) is 0 Å². The van der Waals surface area contributed by atoms with Crippen LogP contribution in [0.25, 0.3) is 0 Å². The molecule has 1 fully saturated rings. The van der Waals surface area contributed by atoms with E-state index in [4.69, 9.17) is 14.5 Å². The first-order chi connectivity index (χ1) is 13.1. The van der Waals surface area contributed by atoms with Crippen molar-refractivity contribution in [2.24, 2.45) is 4.99 Å². The van der Waals surface area contributed by atoms with Crippen LogP contribution in [-0.4, -0.2) is 63.9 Å². The van der Waals surface area contributed by atoms with Crippen LogP contribution in [0.1, 0.15) is 26.7 Å². The Bertz CT molecular complexity index is 581. The van der Waals surface area contributed by atoms with E-state index in [-0.39, 0.29) is 0 Å². The van der Waals surface area contributed by atoms with Gasteiger partial charge in [0.25, 0.3) is 0 Å². The van der Waals surface area contributed by atoms with E-state index in [0.717, 1.165) is 62.2 Å². The summed E-state index contributed by atoms with van der Waals surface area (Å²) in [5, 5.41) is 7.51. The van der Waals surface area contributed by atoms with Crippen LogP contribution in [0.3, 0.4) is 0 Å². The molecule has 1 unspecified atom stereocenters. The highest BCUT2D eigenvalue weighted by atomic mass is 32.2. The number of guanidine groups is 1. The van der Waals surface area contributed by atoms with Crippen LogP contribution >= 0.6 is 11.8 Å². The third kappa shape index (κ3) is 6.72. The standard InChI is InChI=1S/C20H34N4O2S/c1-6-21-20(22-14-15(2)27-5)23-16-7-9-24(10-8-16)17-11-18(25-3)13-19(12-17)26-4/h11-13,15-16H,6-10,14H2,1-5H3,(H2,21,22,23). The molecule has 6 nitrogen and oxygen atoms in total. The maximum atomic E-state index is 5.40. The van der Waals surface area contributed by atoms with Crippen LogP contribution in [0, 0.1) is 0 Å². The van der Waals surface area contributed by atoms with E-state index < -0.39 is 0 Å². The third-order valence-electron chi connectivity index (χ3n) is 4.79. The molecule has 0 saturated carbocycles. The number of ether oxygens (including phenoxy) is 2. The lowest BCUT2D eigenvalue weighted by molar-refractivity contribution is 0.393. The number of benzene rings is 1. The van der Waals surface area contributed by atoms with Gasteiger partial charge < -0.3 is 25.0 Å². The Kier molecular flexibility index (Phi) is 8.91. The molecule has 2 N–H and O–H groups in total. The minimum Gasteiger partial charge on any atom is -0.497 e. The summed E-state index contributed by atoms with van der Waals surface area (Å²) in [5.74, 6) is 2.59. The van der Waals surface area contributed by atoms with Gasteiger partial charge in [-0.2, -0.15) is 11.8 Å². The lowest BCUT2D eigenvalue weighted by Crippen LogP contribution is -2.49. The molecule has 1 saturated heterocycles. The summed E-state index contributed by atoms with van der Waals surface area (Å²) in [6, 6.07) is 6.50. The molecule has 1 aliphatic heterocycles.